The number of hydrogen-bond donors (Lipinski definition) is 1. The van der Waals surface area contributed by atoms with Crippen molar-refractivity contribution in [3.63, 3.8) is 0 Å². The van der Waals surface area contributed by atoms with Crippen LogP contribution in [0.3, 0.4) is 0 Å². The number of esters is 1. The van der Waals surface area contributed by atoms with Crippen LogP contribution in [0.1, 0.15) is 42.8 Å². The Hall–Kier alpha value is -2.54. The second kappa shape index (κ2) is 10.5. The van der Waals surface area contributed by atoms with Gasteiger partial charge in [-0.1, -0.05) is 25.4 Å². The zero-order valence-electron chi connectivity index (χ0n) is 18.5. The lowest BCUT2D eigenvalue weighted by atomic mass is 10.1. The van der Waals surface area contributed by atoms with Gasteiger partial charge in [0.05, 0.1) is 18.5 Å². The largest absolute Gasteiger partial charge is 0.495 e. The molecule has 1 aromatic heterocycles. The van der Waals surface area contributed by atoms with Gasteiger partial charge in [0.25, 0.3) is 5.91 Å². The van der Waals surface area contributed by atoms with Crippen molar-refractivity contribution in [2.45, 2.75) is 54.0 Å². The predicted octanol–water partition coefficient (Wildman–Crippen LogP) is 4.24. The number of nitrogens with one attached hydrogen (secondary N) is 1. The summed E-state index contributed by atoms with van der Waals surface area (Å²) in [5.41, 5.74) is 4.32. The van der Waals surface area contributed by atoms with Crippen LogP contribution in [0.15, 0.2) is 12.1 Å². The molecule has 0 spiro atoms. The first-order valence-corrected chi connectivity index (χ1v) is 10.3. The van der Waals surface area contributed by atoms with E-state index in [1.807, 2.05) is 25.5 Å². The summed E-state index contributed by atoms with van der Waals surface area (Å²) in [7, 11) is 1.49. The number of aryl methyl sites for hydroxylation is 2. The van der Waals surface area contributed by atoms with Crippen LogP contribution in [0.4, 0.5) is 5.69 Å². The molecule has 30 heavy (non-hydrogen) atoms. The fourth-order valence-electron chi connectivity index (χ4n) is 3.18. The number of amides is 1. The van der Waals surface area contributed by atoms with E-state index in [0.717, 1.165) is 29.1 Å². The Morgan fingerprint density at radius 1 is 1.23 bits per heavy atom. The lowest BCUT2D eigenvalue weighted by molar-refractivity contribution is -0.147. The zero-order chi connectivity index (χ0) is 22.4. The normalized spacial score (nSPS) is 10.9. The number of aromatic nitrogens is 2. The van der Waals surface area contributed by atoms with Crippen LogP contribution >= 0.6 is 11.6 Å². The van der Waals surface area contributed by atoms with E-state index >= 15 is 0 Å². The Labute approximate surface area is 182 Å². The lowest BCUT2D eigenvalue weighted by Gasteiger charge is -2.12. The van der Waals surface area contributed by atoms with Crippen LogP contribution in [0, 0.1) is 26.7 Å². The SMILES string of the molecule is COc1cc(Cl)c(C)cc1NC(=O)COC(=O)CCc1c(C)nn(CC(C)C)c1C. The number of ether oxygens (including phenoxy) is 2. The Bertz CT molecular complexity index is 922. The fraction of sp³-hybridized carbons (Fsp3) is 0.500. The van der Waals surface area contributed by atoms with Gasteiger partial charge in [-0.3, -0.25) is 14.3 Å². The van der Waals surface area contributed by atoms with E-state index in [4.69, 9.17) is 21.1 Å². The summed E-state index contributed by atoms with van der Waals surface area (Å²) < 4.78 is 12.3. The molecule has 2 rings (SSSR count). The molecular weight excluding hydrogens is 406 g/mol. The molecule has 164 valence electrons. The minimum atomic E-state index is -0.444. The third-order valence-corrected chi connectivity index (χ3v) is 5.17. The number of rotatable bonds is 9. The average Bonchev–Trinajstić information content (AvgIpc) is 2.93. The van der Waals surface area contributed by atoms with E-state index < -0.39 is 11.9 Å². The highest BCUT2D eigenvalue weighted by molar-refractivity contribution is 6.31. The number of halogens is 1. The van der Waals surface area contributed by atoms with Crippen molar-refractivity contribution in [1.82, 2.24) is 9.78 Å². The molecule has 0 unspecified atom stereocenters. The molecule has 0 aliphatic rings. The first-order chi connectivity index (χ1) is 14.1. The van der Waals surface area contributed by atoms with Crippen molar-refractivity contribution >= 4 is 29.2 Å². The quantitative estimate of drug-likeness (QED) is 0.595. The number of hydrogen-bond acceptors (Lipinski definition) is 5. The Morgan fingerprint density at radius 2 is 1.93 bits per heavy atom. The second-order valence-corrected chi connectivity index (χ2v) is 8.14. The van der Waals surface area contributed by atoms with Crippen molar-refractivity contribution in [3.05, 3.63) is 39.7 Å². The smallest absolute Gasteiger partial charge is 0.306 e. The zero-order valence-corrected chi connectivity index (χ0v) is 19.2. The summed E-state index contributed by atoms with van der Waals surface area (Å²) >= 11 is 6.07. The topological polar surface area (TPSA) is 82.4 Å². The summed E-state index contributed by atoms with van der Waals surface area (Å²) in [6.45, 7) is 10.5. The van der Waals surface area contributed by atoms with Gasteiger partial charge in [0.1, 0.15) is 5.75 Å². The van der Waals surface area contributed by atoms with E-state index in [1.54, 1.807) is 12.1 Å². The monoisotopic (exact) mass is 435 g/mol. The van der Waals surface area contributed by atoms with Crippen molar-refractivity contribution in [1.29, 1.82) is 0 Å². The standard InChI is InChI=1S/C22H30ClN3O4/c1-13(2)11-26-16(5)17(15(4)25-26)7-8-22(28)30-12-21(27)24-19-9-14(3)18(23)10-20(19)29-6/h9-10,13H,7-8,11-12H2,1-6H3,(H,24,27). The number of carbonyl (C=O) groups excluding carboxylic acids is 2. The van der Waals surface area contributed by atoms with Gasteiger partial charge in [-0.2, -0.15) is 5.10 Å². The van der Waals surface area contributed by atoms with Gasteiger partial charge >= 0.3 is 5.97 Å². The summed E-state index contributed by atoms with van der Waals surface area (Å²) in [4.78, 5) is 24.3. The molecule has 0 aliphatic carbocycles. The van der Waals surface area contributed by atoms with Crippen molar-refractivity contribution in [2.24, 2.45) is 5.92 Å². The molecule has 0 bridgehead atoms. The minimum absolute atomic E-state index is 0.186. The number of nitrogens with zero attached hydrogens (tertiary/aromatic N) is 2. The fourth-order valence-corrected chi connectivity index (χ4v) is 3.33. The van der Waals surface area contributed by atoms with Crippen LogP contribution in [-0.4, -0.2) is 35.4 Å². The summed E-state index contributed by atoms with van der Waals surface area (Å²) in [6, 6.07) is 3.34. The van der Waals surface area contributed by atoms with Crippen LogP contribution in [0.5, 0.6) is 5.75 Å². The van der Waals surface area contributed by atoms with E-state index in [9.17, 15) is 9.59 Å². The molecule has 0 radical (unpaired) electrons. The minimum Gasteiger partial charge on any atom is -0.495 e. The number of benzene rings is 1. The summed E-state index contributed by atoms with van der Waals surface area (Å²) in [5.74, 6) is 0.0531. The molecule has 0 atom stereocenters. The molecule has 0 saturated heterocycles. The van der Waals surface area contributed by atoms with E-state index in [1.165, 1.54) is 7.11 Å². The highest BCUT2D eigenvalue weighted by Crippen LogP contribution is 2.30. The summed E-state index contributed by atoms with van der Waals surface area (Å²) in [6.07, 6.45) is 0.714. The van der Waals surface area contributed by atoms with E-state index in [2.05, 4.69) is 24.3 Å². The molecule has 0 saturated carbocycles. The number of methoxy groups -OCH3 is 1. The second-order valence-electron chi connectivity index (χ2n) is 7.74. The first kappa shape index (κ1) is 23.7. The van der Waals surface area contributed by atoms with Crippen LogP contribution in [0.25, 0.3) is 0 Å². The van der Waals surface area contributed by atoms with Gasteiger partial charge in [-0.15, -0.1) is 0 Å². The Balaban J connectivity index is 1.88. The van der Waals surface area contributed by atoms with Crippen molar-refractivity contribution < 1.29 is 19.1 Å². The molecule has 7 nitrogen and oxygen atoms in total. The van der Waals surface area contributed by atoms with Crippen LogP contribution < -0.4 is 10.1 Å². The van der Waals surface area contributed by atoms with Crippen molar-refractivity contribution in [2.75, 3.05) is 19.0 Å². The molecule has 1 N–H and O–H groups in total. The molecule has 0 fully saturated rings. The molecule has 0 aliphatic heterocycles. The summed E-state index contributed by atoms with van der Waals surface area (Å²) in [5, 5.41) is 7.78. The third-order valence-electron chi connectivity index (χ3n) is 4.77. The van der Waals surface area contributed by atoms with Crippen LogP contribution in [-0.2, 0) is 27.3 Å². The molecule has 1 amide bonds. The maximum atomic E-state index is 12.2. The van der Waals surface area contributed by atoms with Gasteiger partial charge in [-0.05, 0) is 50.3 Å². The van der Waals surface area contributed by atoms with E-state index in [0.29, 0.717) is 28.8 Å². The highest BCUT2D eigenvalue weighted by atomic mass is 35.5. The molecule has 1 aromatic carbocycles. The van der Waals surface area contributed by atoms with Gasteiger partial charge in [0, 0.05) is 29.7 Å². The van der Waals surface area contributed by atoms with Gasteiger partial charge in [-0.25, -0.2) is 0 Å². The highest BCUT2D eigenvalue weighted by Gasteiger charge is 2.16. The van der Waals surface area contributed by atoms with Gasteiger partial charge < -0.3 is 14.8 Å². The number of anilines is 1. The molecule has 8 heteroatoms. The van der Waals surface area contributed by atoms with Crippen LogP contribution in [0.2, 0.25) is 5.02 Å². The Morgan fingerprint density at radius 3 is 2.57 bits per heavy atom. The molecule has 1 heterocycles. The molecular formula is C22H30ClN3O4. The first-order valence-electron chi connectivity index (χ1n) is 9.94. The molecule has 2 aromatic rings. The lowest BCUT2D eigenvalue weighted by Crippen LogP contribution is -2.21. The number of carbonyl (C=O) groups is 2. The maximum Gasteiger partial charge on any atom is 0.306 e. The predicted molar refractivity (Wildman–Crippen MR) is 117 cm³/mol. The third kappa shape index (κ3) is 6.23. The maximum absolute atomic E-state index is 12.2. The van der Waals surface area contributed by atoms with Crippen molar-refractivity contribution in [3.8, 4) is 5.75 Å². The average molecular weight is 436 g/mol. The van der Waals surface area contributed by atoms with Gasteiger partial charge in [0.2, 0.25) is 0 Å². The van der Waals surface area contributed by atoms with E-state index in [-0.39, 0.29) is 13.0 Å². The van der Waals surface area contributed by atoms with Gasteiger partial charge in [0.15, 0.2) is 6.61 Å². The Kier molecular flexibility index (Phi) is 8.29.